The van der Waals surface area contributed by atoms with E-state index in [0.29, 0.717) is 6.54 Å². The molecule has 1 rings (SSSR count). The zero-order valence-corrected chi connectivity index (χ0v) is 11.4. The fraction of sp³-hybridized carbons (Fsp3) is 0.500. The molecule has 94 valence electrons. The van der Waals surface area contributed by atoms with Gasteiger partial charge in [0.05, 0.1) is 11.1 Å². The average molecular weight is 351 g/mol. The van der Waals surface area contributed by atoms with Gasteiger partial charge in [-0.15, -0.1) is 0 Å². The number of nitro groups is 1. The molecule has 0 aliphatic rings. The third-order valence-electron chi connectivity index (χ3n) is 2.22. The third-order valence-corrected chi connectivity index (χ3v) is 2.98. The van der Waals surface area contributed by atoms with Crippen LogP contribution in [0.4, 0.5) is 5.69 Å². The summed E-state index contributed by atoms with van der Waals surface area (Å²) in [4.78, 5) is 24.0. The number of halogens is 1. The van der Waals surface area contributed by atoms with Crippen LogP contribution in [0.25, 0.3) is 0 Å². The number of aromatic amines is 1. The fourth-order valence-electron chi connectivity index (χ4n) is 1.31. The van der Waals surface area contributed by atoms with Crippen molar-refractivity contribution in [3.8, 4) is 0 Å². The van der Waals surface area contributed by atoms with Crippen LogP contribution in [0, 0.1) is 10.1 Å². The van der Waals surface area contributed by atoms with Crippen LogP contribution >= 0.6 is 22.6 Å². The molecule has 0 saturated carbocycles. The summed E-state index contributed by atoms with van der Waals surface area (Å²) in [5, 5.41) is 13.1. The highest BCUT2D eigenvalue weighted by Crippen LogP contribution is 2.11. The van der Waals surface area contributed by atoms with Gasteiger partial charge >= 0.3 is 0 Å². The highest BCUT2D eigenvalue weighted by Gasteiger charge is 2.13. The Balaban J connectivity index is 2.34. The molecular weight excluding hydrogens is 337 g/mol. The van der Waals surface area contributed by atoms with Gasteiger partial charge in [-0.2, -0.15) is 0 Å². The van der Waals surface area contributed by atoms with Crippen molar-refractivity contribution in [1.29, 1.82) is 0 Å². The number of carbonyl (C=O) groups excluding carboxylic acids is 1. The zero-order chi connectivity index (χ0) is 12.7. The van der Waals surface area contributed by atoms with Crippen LogP contribution in [-0.4, -0.2) is 26.8 Å². The van der Waals surface area contributed by atoms with E-state index in [1.807, 2.05) is 0 Å². The Labute approximate surface area is 112 Å². The maximum absolute atomic E-state index is 11.5. The van der Waals surface area contributed by atoms with E-state index < -0.39 is 4.92 Å². The van der Waals surface area contributed by atoms with Crippen molar-refractivity contribution < 1.29 is 9.72 Å². The second-order valence-corrected chi connectivity index (χ2v) is 4.61. The Morgan fingerprint density at radius 2 is 2.24 bits per heavy atom. The molecule has 17 heavy (non-hydrogen) atoms. The first-order valence-corrected chi connectivity index (χ1v) is 6.84. The number of carbonyl (C=O) groups is 1. The van der Waals surface area contributed by atoms with Crippen molar-refractivity contribution in [1.82, 2.24) is 10.3 Å². The van der Waals surface area contributed by atoms with Crippen molar-refractivity contribution in [3.05, 3.63) is 28.1 Å². The van der Waals surface area contributed by atoms with Crippen LogP contribution in [0.3, 0.4) is 0 Å². The number of alkyl halides is 1. The minimum absolute atomic E-state index is 0.0972. The fourth-order valence-corrected chi connectivity index (χ4v) is 1.85. The summed E-state index contributed by atoms with van der Waals surface area (Å²) in [6.45, 7) is 0.599. The van der Waals surface area contributed by atoms with Gasteiger partial charge in [-0.25, -0.2) is 0 Å². The SMILES string of the molecule is O=C(NCCCCCI)c1cc([N+](=O)[O-])c[nH]1. The first-order valence-electron chi connectivity index (χ1n) is 5.32. The predicted molar refractivity (Wildman–Crippen MR) is 72.5 cm³/mol. The van der Waals surface area contributed by atoms with Gasteiger partial charge in [-0.05, 0) is 17.3 Å². The largest absolute Gasteiger partial charge is 0.351 e. The number of amides is 1. The summed E-state index contributed by atoms with van der Waals surface area (Å²) in [6.07, 6.45) is 4.36. The molecule has 0 atom stereocenters. The molecule has 1 aromatic rings. The third kappa shape index (κ3) is 4.72. The predicted octanol–water partition coefficient (Wildman–Crippen LogP) is 2.26. The molecule has 1 heterocycles. The summed E-state index contributed by atoms with van der Waals surface area (Å²) in [5.74, 6) is -0.299. The summed E-state index contributed by atoms with van der Waals surface area (Å²) < 4.78 is 1.12. The van der Waals surface area contributed by atoms with E-state index in [4.69, 9.17) is 0 Å². The van der Waals surface area contributed by atoms with E-state index in [-0.39, 0.29) is 17.3 Å². The van der Waals surface area contributed by atoms with Gasteiger partial charge < -0.3 is 10.3 Å². The Hall–Kier alpha value is -1.12. The summed E-state index contributed by atoms with van der Waals surface area (Å²) in [5.41, 5.74) is 0.130. The standard InChI is InChI=1S/C10H14IN3O3/c11-4-2-1-3-5-12-10(15)9-6-8(7-13-9)14(16)17/h6-7,13H,1-5H2,(H,12,15). The number of unbranched alkanes of at least 4 members (excludes halogenated alkanes) is 2. The lowest BCUT2D eigenvalue weighted by Crippen LogP contribution is -2.24. The number of hydrogen-bond acceptors (Lipinski definition) is 3. The molecule has 6 nitrogen and oxygen atoms in total. The maximum atomic E-state index is 11.5. The Morgan fingerprint density at radius 3 is 2.82 bits per heavy atom. The topological polar surface area (TPSA) is 88.0 Å². The maximum Gasteiger partial charge on any atom is 0.287 e. The minimum Gasteiger partial charge on any atom is -0.351 e. The van der Waals surface area contributed by atoms with Crippen molar-refractivity contribution >= 4 is 34.2 Å². The van der Waals surface area contributed by atoms with Gasteiger partial charge in [0.1, 0.15) is 5.69 Å². The smallest absolute Gasteiger partial charge is 0.287 e. The molecule has 0 saturated heterocycles. The van der Waals surface area contributed by atoms with Crippen LogP contribution in [0.15, 0.2) is 12.3 Å². The van der Waals surface area contributed by atoms with Gasteiger partial charge in [0, 0.05) is 12.6 Å². The van der Waals surface area contributed by atoms with E-state index in [1.165, 1.54) is 12.3 Å². The number of rotatable bonds is 7. The molecule has 1 aromatic heterocycles. The Morgan fingerprint density at radius 1 is 1.47 bits per heavy atom. The van der Waals surface area contributed by atoms with Gasteiger partial charge in [0.15, 0.2) is 0 Å². The molecule has 1 amide bonds. The van der Waals surface area contributed by atoms with Crippen molar-refractivity contribution in [2.45, 2.75) is 19.3 Å². The first-order chi connectivity index (χ1) is 8.15. The monoisotopic (exact) mass is 351 g/mol. The van der Waals surface area contributed by atoms with Gasteiger partial charge in [-0.3, -0.25) is 14.9 Å². The van der Waals surface area contributed by atoms with Crippen LogP contribution in [0.1, 0.15) is 29.8 Å². The lowest BCUT2D eigenvalue weighted by atomic mass is 10.2. The molecule has 0 radical (unpaired) electrons. The Bertz CT molecular complexity index is 392. The van der Waals surface area contributed by atoms with Gasteiger partial charge in [-0.1, -0.05) is 29.0 Å². The minimum atomic E-state index is -0.534. The van der Waals surface area contributed by atoms with E-state index in [1.54, 1.807) is 0 Å². The quantitative estimate of drug-likeness (QED) is 0.260. The zero-order valence-electron chi connectivity index (χ0n) is 9.24. The van der Waals surface area contributed by atoms with Crippen molar-refractivity contribution in [3.63, 3.8) is 0 Å². The van der Waals surface area contributed by atoms with Gasteiger partial charge in [0.2, 0.25) is 0 Å². The number of nitrogens with zero attached hydrogens (tertiary/aromatic N) is 1. The van der Waals surface area contributed by atoms with Crippen LogP contribution in [0.2, 0.25) is 0 Å². The van der Waals surface area contributed by atoms with E-state index >= 15 is 0 Å². The average Bonchev–Trinajstić information content (AvgIpc) is 2.78. The lowest BCUT2D eigenvalue weighted by molar-refractivity contribution is -0.384. The highest BCUT2D eigenvalue weighted by molar-refractivity contribution is 14.1. The highest BCUT2D eigenvalue weighted by atomic mass is 127. The van der Waals surface area contributed by atoms with Gasteiger partial charge in [0.25, 0.3) is 11.6 Å². The second kappa shape index (κ2) is 7.25. The normalized spacial score (nSPS) is 10.2. The van der Waals surface area contributed by atoms with E-state index in [2.05, 4.69) is 32.9 Å². The number of aromatic nitrogens is 1. The van der Waals surface area contributed by atoms with Crippen LogP contribution in [-0.2, 0) is 0 Å². The van der Waals surface area contributed by atoms with Crippen LogP contribution in [0.5, 0.6) is 0 Å². The Kier molecular flexibility index (Phi) is 5.95. The molecule has 0 aromatic carbocycles. The van der Waals surface area contributed by atoms with E-state index in [0.717, 1.165) is 23.7 Å². The summed E-state index contributed by atoms with van der Waals surface area (Å²) in [7, 11) is 0. The van der Waals surface area contributed by atoms with Crippen molar-refractivity contribution in [2.75, 3.05) is 11.0 Å². The van der Waals surface area contributed by atoms with E-state index in [9.17, 15) is 14.9 Å². The summed E-state index contributed by atoms with van der Waals surface area (Å²) >= 11 is 2.31. The number of nitrogens with one attached hydrogen (secondary N) is 2. The summed E-state index contributed by atoms with van der Waals surface area (Å²) in [6, 6.07) is 1.24. The molecule has 0 bridgehead atoms. The number of hydrogen-bond donors (Lipinski definition) is 2. The molecule has 0 spiro atoms. The van der Waals surface area contributed by atoms with Crippen LogP contribution < -0.4 is 5.32 Å². The molecule has 7 heteroatoms. The molecule has 0 fully saturated rings. The first kappa shape index (κ1) is 13.9. The molecule has 0 unspecified atom stereocenters. The molecular formula is C10H14IN3O3. The molecule has 2 N–H and O–H groups in total. The number of H-pyrrole nitrogens is 1. The molecule has 0 aliphatic heterocycles. The lowest BCUT2D eigenvalue weighted by Gasteiger charge is -2.02. The molecule has 0 aliphatic carbocycles. The second-order valence-electron chi connectivity index (χ2n) is 3.53. The van der Waals surface area contributed by atoms with Crippen molar-refractivity contribution in [2.24, 2.45) is 0 Å².